The molecule has 0 aromatic carbocycles. The maximum absolute atomic E-state index is 11.3. The summed E-state index contributed by atoms with van der Waals surface area (Å²) in [5.74, 6) is -2.13. The van der Waals surface area contributed by atoms with Crippen molar-refractivity contribution in [2.75, 3.05) is 39.5 Å². The smallest absolute Gasteiger partial charge is 0.394 e. The Balaban J connectivity index is 0. The van der Waals surface area contributed by atoms with E-state index in [1.54, 1.807) is 13.8 Å². The van der Waals surface area contributed by atoms with Crippen LogP contribution < -0.4 is 10.6 Å². The first kappa shape index (κ1) is 26.4. The first-order chi connectivity index (χ1) is 12.0. The zero-order valence-electron chi connectivity index (χ0n) is 14.9. The summed E-state index contributed by atoms with van der Waals surface area (Å²) < 4.78 is 45.8. The molecule has 1 aliphatic rings. The molecule has 4 N–H and O–H groups in total. The van der Waals surface area contributed by atoms with Gasteiger partial charge in [0.15, 0.2) is 0 Å². The summed E-state index contributed by atoms with van der Waals surface area (Å²) in [5.41, 5.74) is 0. The number of carbonyl (C=O) groups excluding carboxylic acids is 3. The molecule has 0 aromatic rings. The fourth-order valence-corrected chi connectivity index (χ4v) is 1.38. The minimum Gasteiger partial charge on any atom is -0.464 e. The van der Waals surface area contributed by atoms with E-state index < -0.39 is 34.3 Å². The van der Waals surface area contributed by atoms with Gasteiger partial charge in [-0.3, -0.25) is 13.9 Å². The second kappa shape index (κ2) is 15.5. The van der Waals surface area contributed by atoms with Gasteiger partial charge >= 0.3 is 22.3 Å². The lowest BCUT2D eigenvalue weighted by molar-refractivity contribution is -0.159. The number of hydrogen-bond acceptors (Lipinski definition) is 9. The van der Waals surface area contributed by atoms with Crippen LogP contribution in [0.5, 0.6) is 0 Å². The third-order valence-corrected chi connectivity index (χ3v) is 2.24. The van der Waals surface area contributed by atoms with Crippen molar-refractivity contribution in [1.29, 1.82) is 0 Å². The molecular weight excluding hydrogens is 376 g/mol. The van der Waals surface area contributed by atoms with Crippen LogP contribution in [0, 0.1) is 0 Å². The topological polar surface area (TPSA) is 178 Å². The van der Waals surface area contributed by atoms with Gasteiger partial charge in [0.25, 0.3) is 0 Å². The molecule has 0 saturated carbocycles. The predicted molar refractivity (Wildman–Crippen MR) is 88.7 cm³/mol. The summed E-state index contributed by atoms with van der Waals surface area (Å²) in [6, 6.07) is -1.37. The lowest BCUT2D eigenvalue weighted by atomic mass is 10.3. The molecule has 0 unspecified atom stereocenters. The Morgan fingerprint density at radius 3 is 1.65 bits per heavy atom. The highest BCUT2D eigenvalue weighted by molar-refractivity contribution is 7.79. The lowest BCUT2D eigenvalue weighted by Crippen LogP contribution is -2.47. The molecule has 0 atom stereocenters. The molecule has 26 heavy (non-hydrogen) atoms. The average Bonchev–Trinajstić information content (AvgIpc) is 2.53. The fourth-order valence-electron chi connectivity index (χ4n) is 1.38. The van der Waals surface area contributed by atoms with Gasteiger partial charge in [-0.25, -0.2) is 9.59 Å². The molecule has 154 valence electrons. The van der Waals surface area contributed by atoms with Gasteiger partial charge in [-0.05, 0) is 13.8 Å². The van der Waals surface area contributed by atoms with E-state index in [4.69, 9.17) is 22.3 Å². The SMILES string of the molecule is C1COCCN1.CCOC(=O)C(NC(C)=O)C(=O)OCC.O=S(=O)(O)O. The highest BCUT2D eigenvalue weighted by Crippen LogP contribution is 1.94. The molecule has 1 heterocycles. The largest absolute Gasteiger partial charge is 0.464 e. The summed E-state index contributed by atoms with van der Waals surface area (Å²) in [6.07, 6.45) is 0. The Bertz CT molecular complexity index is 482. The second-order valence-corrected chi connectivity index (χ2v) is 5.34. The minimum absolute atomic E-state index is 0.133. The molecule has 13 heteroatoms. The normalized spacial score (nSPS) is 13.3. The van der Waals surface area contributed by atoms with Gasteiger partial charge in [-0.2, -0.15) is 8.42 Å². The number of hydrogen-bond donors (Lipinski definition) is 4. The van der Waals surface area contributed by atoms with Gasteiger partial charge < -0.3 is 24.8 Å². The molecule has 0 aliphatic carbocycles. The minimum atomic E-state index is -4.67. The van der Waals surface area contributed by atoms with Crippen molar-refractivity contribution in [1.82, 2.24) is 10.6 Å². The van der Waals surface area contributed by atoms with Crippen molar-refractivity contribution in [3.8, 4) is 0 Å². The first-order valence-corrected chi connectivity index (χ1v) is 9.01. The Morgan fingerprint density at radius 2 is 1.46 bits per heavy atom. The average molecular weight is 402 g/mol. The van der Waals surface area contributed by atoms with Crippen LogP contribution in [0.15, 0.2) is 0 Å². The molecule has 0 spiro atoms. The van der Waals surface area contributed by atoms with E-state index in [0.717, 1.165) is 26.3 Å². The maximum atomic E-state index is 11.3. The predicted octanol–water partition coefficient (Wildman–Crippen LogP) is -1.43. The number of ether oxygens (including phenoxy) is 3. The molecule has 1 rings (SSSR count). The zero-order valence-corrected chi connectivity index (χ0v) is 15.7. The van der Waals surface area contributed by atoms with Gasteiger partial charge in [0, 0.05) is 20.0 Å². The van der Waals surface area contributed by atoms with Gasteiger partial charge in [-0.1, -0.05) is 0 Å². The van der Waals surface area contributed by atoms with Crippen LogP contribution >= 0.6 is 0 Å². The number of rotatable bonds is 5. The van der Waals surface area contributed by atoms with E-state index in [2.05, 4.69) is 20.1 Å². The van der Waals surface area contributed by atoms with E-state index in [1.165, 1.54) is 6.92 Å². The van der Waals surface area contributed by atoms with E-state index in [0.29, 0.717) is 0 Å². The number of nitrogens with one attached hydrogen (secondary N) is 2. The van der Waals surface area contributed by atoms with Crippen LogP contribution in [0.1, 0.15) is 20.8 Å². The quantitative estimate of drug-likeness (QED) is 0.241. The van der Waals surface area contributed by atoms with Gasteiger partial charge in [0.2, 0.25) is 11.9 Å². The number of morpholine rings is 1. The van der Waals surface area contributed by atoms with Gasteiger partial charge in [0.05, 0.1) is 26.4 Å². The van der Waals surface area contributed by atoms with Crippen molar-refractivity contribution < 1.29 is 46.1 Å². The van der Waals surface area contributed by atoms with Crippen molar-refractivity contribution >= 4 is 28.2 Å². The number of carbonyl (C=O) groups is 3. The maximum Gasteiger partial charge on any atom is 0.394 e. The van der Waals surface area contributed by atoms with Crippen LogP contribution in [0.4, 0.5) is 0 Å². The fraction of sp³-hybridized carbons (Fsp3) is 0.769. The van der Waals surface area contributed by atoms with E-state index >= 15 is 0 Å². The number of amides is 1. The van der Waals surface area contributed by atoms with Gasteiger partial charge in [-0.15, -0.1) is 0 Å². The molecule has 12 nitrogen and oxygen atoms in total. The van der Waals surface area contributed by atoms with Crippen LogP contribution in [0.2, 0.25) is 0 Å². The lowest BCUT2D eigenvalue weighted by Gasteiger charge is -2.14. The van der Waals surface area contributed by atoms with Crippen LogP contribution in [-0.4, -0.2) is 80.9 Å². The van der Waals surface area contributed by atoms with Crippen molar-refractivity contribution in [2.24, 2.45) is 0 Å². The Kier molecular flexibility index (Phi) is 15.7. The monoisotopic (exact) mass is 402 g/mol. The molecule has 1 saturated heterocycles. The van der Waals surface area contributed by atoms with Crippen molar-refractivity contribution in [3.63, 3.8) is 0 Å². The van der Waals surface area contributed by atoms with Crippen LogP contribution in [0.3, 0.4) is 0 Å². The molecule has 1 amide bonds. The standard InChI is InChI=1S/C9H15NO5.C4H9NO.H2O4S/c1-4-14-8(12)7(10-6(3)11)9(13)15-5-2;1-3-6-4-2-5-1;1-5(2,3)4/h7H,4-5H2,1-3H3,(H,10,11);5H,1-4H2;(H2,1,2,3,4). The third kappa shape index (κ3) is 20.2. The van der Waals surface area contributed by atoms with Gasteiger partial charge in [0.1, 0.15) is 0 Å². The summed E-state index contributed by atoms with van der Waals surface area (Å²) in [6.45, 7) is 8.51. The van der Waals surface area contributed by atoms with Crippen molar-refractivity contribution in [3.05, 3.63) is 0 Å². The first-order valence-electron chi connectivity index (χ1n) is 7.61. The molecule has 1 fully saturated rings. The Labute approximate surface area is 152 Å². The van der Waals surface area contributed by atoms with Crippen LogP contribution in [-0.2, 0) is 39.0 Å². The molecule has 0 bridgehead atoms. The molecule has 0 radical (unpaired) electrons. The third-order valence-electron chi connectivity index (χ3n) is 2.24. The van der Waals surface area contributed by atoms with Crippen molar-refractivity contribution in [2.45, 2.75) is 26.8 Å². The molecule has 0 aromatic heterocycles. The highest BCUT2D eigenvalue weighted by Gasteiger charge is 2.30. The van der Waals surface area contributed by atoms with E-state index in [9.17, 15) is 14.4 Å². The zero-order chi connectivity index (χ0) is 20.6. The number of esters is 2. The molecular formula is C13H26N2O10S. The van der Waals surface area contributed by atoms with Crippen LogP contribution in [0.25, 0.3) is 0 Å². The summed E-state index contributed by atoms with van der Waals surface area (Å²) in [5, 5.41) is 5.32. The summed E-state index contributed by atoms with van der Waals surface area (Å²) in [7, 11) is -4.67. The summed E-state index contributed by atoms with van der Waals surface area (Å²) in [4.78, 5) is 33.3. The highest BCUT2D eigenvalue weighted by atomic mass is 32.3. The Morgan fingerprint density at radius 1 is 1.08 bits per heavy atom. The van der Waals surface area contributed by atoms with E-state index in [-0.39, 0.29) is 13.2 Å². The second-order valence-electron chi connectivity index (χ2n) is 4.45. The van der Waals surface area contributed by atoms with E-state index in [1.807, 2.05) is 0 Å². The molecule has 1 aliphatic heterocycles. The summed E-state index contributed by atoms with van der Waals surface area (Å²) >= 11 is 0. The Hall–Kier alpha value is -1.80.